The summed E-state index contributed by atoms with van der Waals surface area (Å²) >= 11 is 0. The van der Waals surface area contributed by atoms with Gasteiger partial charge in [-0.15, -0.1) is 0 Å². The summed E-state index contributed by atoms with van der Waals surface area (Å²) < 4.78 is 0.270. The number of nitrogens with one attached hydrogen (secondary N) is 4. The van der Waals surface area contributed by atoms with Gasteiger partial charge in [0.25, 0.3) is 5.91 Å². The van der Waals surface area contributed by atoms with Crippen LogP contribution in [0.3, 0.4) is 0 Å². The van der Waals surface area contributed by atoms with Gasteiger partial charge in [-0.1, -0.05) is 0 Å². The van der Waals surface area contributed by atoms with Crippen molar-refractivity contribution >= 4 is 23.5 Å². The fourth-order valence-corrected chi connectivity index (χ4v) is 1.60. The minimum Gasteiger partial charge on any atom is -0.345 e. The number of carbonyl (C=O) groups is 4. The summed E-state index contributed by atoms with van der Waals surface area (Å²) in [5.74, 6) is -1.27. The Bertz CT molecular complexity index is 487. The van der Waals surface area contributed by atoms with E-state index in [1.165, 1.54) is 13.8 Å². The number of rotatable bonds is 9. The maximum atomic E-state index is 12.0. The lowest BCUT2D eigenvalue weighted by Gasteiger charge is -2.24. The fraction of sp³-hybridized carbons (Fsp3) is 0.733. The monoisotopic (exact) mass is 344 g/mol. The molecule has 0 saturated carbocycles. The van der Waals surface area contributed by atoms with E-state index in [1.54, 1.807) is 35.0 Å². The van der Waals surface area contributed by atoms with Gasteiger partial charge in [0, 0.05) is 0 Å². The van der Waals surface area contributed by atoms with E-state index in [0.29, 0.717) is 0 Å². The second-order valence-corrected chi connectivity index (χ2v) is 6.72. The molecule has 0 radical (unpaired) electrons. The van der Waals surface area contributed by atoms with Crippen LogP contribution in [0.25, 0.3) is 0 Å². The predicted molar refractivity (Wildman–Crippen MR) is 89.5 cm³/mol. The highest BCUT2D eigenvalue weighted by atomic mass is 16.2. The van der Waals surface area contributed by atoms with Gasteiger partial charge in [-0.2, -0.15) is 0 Å². The van der Waals surface area contributed by atoms with Crippen LogP contribution in [0.5, 0.6) is 0 Å². The summed E-state index contributed by atoms with van der Waals surface area (Å²) in [5, 5.41) is 7.83. The van der Waals surface area contributed by atoms with Crippen molar-refractivity contribution in [2.45, 2.75) is 45.8 Å². The molecule has 0 aliphatic heterocycles. The number of Topliss-reactive ketones (excluding diaryl/α,β-unsaturated/α-hetero) is 1. The molecule has 138 valence electrons. The van der Waals surface area contributed by atoms with Crippen LogP contribution in [0, 0.1) is 0 Å². The lowest BCUT2D eigenvalue weighted by Crippen LogP contribution is -2.56. The molecule has 24 heavy (non-hydrogen) atoms. The van der Waals surface area contributed by atoms with Gasteiger partial charge in [-0.05, 0) is 27.7 Å². The molecular formula is C15H30N5O4+. The summed E-state index contributed by atoms with van der Waals surface area (Å²) in [7, 11) is 5.41. The summed E-state index contributed by atoms with van der Waals surface area (Å²) in [6, 6.07) is -2.04. The zero-order valence-electron chi connectivity index (χ0n) is 15.5. The summed E-state index contributed by atoms with van der Waals surface area (Å²) in [6.45, 7) is 6.05. The smallest absolute Gasteiger partial charge is 0.278 e. The zero-order chi connectivity index (χ0) is 19.1. The van der Waals surface area contributed by atoms with Crippen molar-refractivity contribution in [2.75, 3.05) is 27.7 Å². The molecule has 0 fully saturated rings. The molecule has 0 aromatic heterocycles. The van der Waals surface area contributed by atoms with Crippen LogP contribution in [0.1, 0.15) is 27.7 Å². The third-order valence-corrected chi connectivity index (χ3v) is 3.14. The highest BCUT2D eigenvalue weighted by molar-refractivity contribution is 5.92. The molecule has 3 atom stereocenters. The number of amides is 3. The van der Waals surface area contributed by atoms with Crippen LogP contribution in [0.2, 0.25) is 0 Å². The van der Waals surface area contributed by atoms with Gasteiger partial charge in [0.15, 0.2) is 5.78 Å². The van der Waals surface area contributed by atoms with Crippen LogP contribution >= 0.6 is 0 Å². The van der Waals surface area contributed by atoms with Gasteiger partial charge < -0.3 is 10.6 Å². The average Bonchev–Trinajstić information content (AvgIpc) is 2.42. The van der Waals surface area contributed by atoms with E-state index in [2.05, 4.69) is 21.4 Å². The van der Waals surface area contributed by atoms with E-state index in [4.69, 9.17) is 0 Å². The van der Waals surface area contributed by atoms with Crippen molar-refractivity contribution in [3.63, 3.8) is 0 Å². The molecule has 0 aromatic rings. The molecule has 0 unspecified atom stereocenters. The third-order valence-electron chi connectivity index (χ3n) is 3.14. The zero-order valence-corrected chi connectivity index (χ0v) is 15.5. The summed E-state index contributed by atoms with van der Waals surface area (Å²) in [6.07, 6.45) is 0. The number of carbonyl (C=O) groups excluding carboxylic acids is 4. The number of nitrogens with zero attached hydrogens (tertiary/aromatic N) is 1. The maximum Gasteiger partial charge on any atom is 0.278 e. The molecule has 4 N–H and O–H groups in total. The van der Waals surface area contributed by atoms with Crippen molar-refractivity contribution in [1.82, 2.24) is 21.4 Å². The van der Waals surface area contributed by atoms with Crippen molar-refractivity contribution in [3.8, 4) is 0 Å². The van der Waals surface area contributed by atoms with Crippen molar-refractivity contribution < 1.29 is 23.8 Å². The Hall–Kier alpha value is -2.00. The van der Waals surface area contributed by atoms with E-state index in [9.17, 15) is 19.2 Å². The lowest BCUT2D eigenvalue weighted by molar-refractivity contribution is -0.906. The summed E-state index contributed by atoms with van der Waals surface area (Å²) in [5.41, 5.74) is 2.71. The second kappa shape index (κ2) is 9.33. The van der Waals surface area contributed by atoms with Crippen molar-refractivity contribution in [2.24, 2.45) is 0 Å². The van der Waals surface area contributed by atoms with E-state index < -0.39 is 29.9 Å². The first-order valence-electron chi connectivity index (χ1n) is 7.80. The molecule has 9 nitrogen and oxygen atoms in total. The molecule has 0 aromatic carbocycles. The van der Waals surface area contributed by atoms with Gasteiger partial charge in [0.1, 0.15) is 6.04 Å². The van der Waals surface area contributed by atoms with E-state index in [1.807, 2.05) is 0 Å². The molecular weight excluding hydrogens is 314 g/mol. The Morgan fingerprint density at radius 3 is 1.75 bits per heavy atom. The normalized spacial score (nSPS) is 15.0. The van der Waals surface area contributed by atoms with Crippen LogP contribution in [0.4, 0.5) is 0 Å². The minimum atomic E-state index is -0.788. The van der Waals surface area contributed by atoms with Gasteiger partial charge in [0.2, 0.25) is 11.8 Å². The second-order valence-electron chi connectivity index (χ2n) is 6.72. The Morgan fingerprint density at radius 2 is 1.29 bits per heavy atom. The Balaban J connectivity index is 4.32. The van der Waals surface area contributed by atoms with Gasteiger partial charge >= 0.3 is 0 Å². The quantitative estimate of drug-likeness (QED) is 0.294. The molecule has 0 bridgehead atoms. The van der Waals surface area contributed by atoms with E-state index in [-0.39, 0.29) is 22.8 Å². The Morgan fingerprint density at radius 1 is 0.833 bits per heavy atom. The predicted octanol–water partition coefficient (Wildman–Crippen LogP) is -1.70. The summed E-state index contributed by atoms with van der Waals surface area (Å²) in [4.78, 5) is 46.7. The van der Waals surface area contributed by atoms with E-state index in [0.717, 1.165) is 0 Å². The highest BCUT2D eigenvalue weighted by Crippen LogP contribution is 1.91. The van der Waals surface area contributed by atoms with Gasteiger partial charge in [-0.3, -0.25) is 24.5 Å². The fourth-order valence-electron chi connectivity index (χ4n) is 1.60. The molecule has 0 aliphatic rings. The average molecular weight is 344 g/mol. The van der Waals surface area contributed by atoms with Crippen LogP contribution < -0.4 is 21.4 Å². The number of quaternary nitrogens is 1. The van der Waals surface area contributed by atoms with Crippen molar-refractivity contribution in [1.29, 1.82) is 0 Å². The van der Waals surface area contributed by atoms with Crippen LogP contribution in [0.15, 0.2) is 0 Å². The SMILES string of the molecule is CC(=O)[C@@H](C)NC(=O)[C@@H](C)NC(=O)[C@@H](C)NCC(=O)N[N+](C)(C)C. The molecule has 9 heteroatoms. The molecule has 0 aliphatic carbocycles. The largest absolute Gasteiger partial charge is 0.345 e. The Kier molecular flexibility index (Phi) is 8.56. The maximum absolute atomic E-state index is 12.0. The number of hydrogen-bond acceptors (Lipinski definition) is 5. The molecule has 0 saturated heterocycles. The third kappa shape index (κ3) is 9.21. The van der Waals surface area contributed by atoms with Crippen LogP contribution in [-0.4, -0.2) is 73.9 Å². The lowest BCUT2D eigenvalue weighted by atomic mass is 10.2. The molecule has 3 amide bonds. The van der Waals surface area contributed by atoms with Crippen LogP contribution in [-0.2, 0) is 19.2 Å². The molecule has 0 spiro atoms. The number of hydrogen-bond donors (Lipinski definition) is 4. The first kappa shape index (κ1) is 22.0. The Labute approximate surface area is 143 Å². The minimum absolute atomic E-state index is 0.0218. The van der Waals surface area contributed by atoms with Gasteiger partial charge in [-0.25, -0.2) is 10.0 Å². The highest BCUT2D eigenvalue weighted by Gasteiger charge is 2.22. The molecule has 0 rings (SSSR count). The standard InChI is InChI=1S/C15H29N5O4/c1-9(12(4)21)17-15(24)11(3)18-14(23)10(2)16-8-13(22)19-20(5,6)7/h9-11,16H,8H2,1-7H3,(H2-,17,18,19,22,23,24)/p+1/t9-,10-,11-/m1/s1. The van der Waals surface area contributed by atoms with Gasteiger partial charge in [0.05, 0.1) is 39.8 Å². The first-order chi connectivity index (χ1) is 10.8. The molecule has 0 heterocycles. The first-order valence-corrected chi connectivity index (χ1v) is 7.80. The van der Waals surface area contributed by atoms with E-state index >= 15 is 0 Å². The topological polar surface area (TPSA) is 116 Å². The van der Waals surface area contributed by atoms with Crippen molar-refractivity contribution in [3.05, 3.63) is 0 Å². The number of ketones is 1.